The monoisotopic (exact) mass is 892 g/mol. The van der Waals surface area contributed by atoms with E-state index in [1.54, 1.807) is 39.8 Å². The van der Waals surface area contributed by atoms with E-state index >= 15 is 0 Å². The number of allylic oxidation sites excluding steroid dienone is 2. The fourth-order valence-electron chi connectivity index (χ4n) is 8.85. The van der Waals surface area contributed by atoms with Crippen molar-refractivity contribution in [3.05, 3.63) is 52.8 Å². The van der Waals surface area contributed by atoms with Gasteiger partial charge in [-0.1, -0.05) is 72.1 Å². The van der Waals surface area contributed by atoms with Crippen LogP contribution in [-0.2, 0) is 23.8 Å². The van der Waals surface area contributed by atoms with Gasteiger partial charge in [-0.3, -0.25) is 24.3 Å². The van der Waals surface area contributed by atoms with Crippen molar-refractivity contribution in [2.75, 3.05) is 45.2 Å². The van der Waals surface area contributed by atoms with E-state index in [-0.39, 0.29) is 44.5 Å². The Balaban J connectivity index is 1.64. The van der Waals surface area contributed by atoms with E-state index in [1.807, 2.05) is 5.01 Å². The molecule has 1 amide bonds. The van der Waals surface area contributed by atoms with Crippen LogP contribution in [0.1, 0.15) is 103 Å². The number of phenols is 3. The average molecular weight is 893 g/mol. The number of unbranched alkanes of at least 4 members (excludes halogenated alkanes) is 3. The van der Waals surface area contributed by atoms with Gasteiger partial charge in [-0.25, -0.2) is 0 Å². The number of Topliss-reactive ketones (excluding diaryl/α,β-unsaturated/α-hetero) is 1. The number of ketones is 1. The number of phenolic OH excluding ortho intramolecular Hbond substituents is 3. The summed E-state index contributed by atoms with van der Waals surface area (Å²) in [6.07, 6.45) is 9.58. The van der Waals surface area contributed by atoms with Crippen LogP contribution in [0.2, 0.25) is 0 Å². The van der Waals surface area contributed by atoms with Gasteiger partial charge in [0.2, 0.25) is 0 Å². The second-order valence-electron chi connectivity index (χ2n) is 17.7. The smallest absolute Gasteiger partial charge is 0.312 e. The Labute approximate surface area is 376 Å². The normalized spacial score (nSPS) is 30.5. The van der Waals surface area contributed by atoms with Gasteiger partial charge < -0.3 is 49.8 Å². The number of aromatic hydroxyl groups is 3. The maximum atomic E-state index is 14.5. The van der Waals surface area contributed by atoms with Crippen molar-refractivity contribution >= 4 is 40.3 Å². The lowest BCUT2D eigenvalue weighted by atomic mass is 9.78. The van der Waals surface area contributed by atoms with Crippen LogP contribution in [0.5, 0.6) is 23.0 Å². The van der Waals surface area contributed by atoms with Crippen molar-refractivity contribution in [2.45, 2.75) is 118 Å². The summed E-state index contributed by atoms with van der Waals surface area (Å²) in [6.45, 7) is 18.5. The number of hydrazone groups is 1. The Bertz CT molecular complexity index is 2160. The number of amides is 1. The van der Waals surface area contributed by atoms with Gasteiger partial charge in [0, 0.05) is 87.3 Å². The molecule has 4 aliphatic heterocycles. The molecule has 0 radical (unpaired) electrons. The van der Waals surface area contributed by atoms with Gasteiger partial charge in [0.1, 0.15) is 23.4 Å². The topological polar surface area (TPSA) is 220 Å². The summed E-state index contributed by atoms with van der Waals surface area (Å²) in [5.74, 6) is -8.31. The number of hydrogen-bond donors (Lipinski definition) is 6. The molecule has 4 aliphatic rings. The van der Waals surface area contributed by atoms with Gasteiger partial charge in [0.15, 0.2) is 5.75 Å². The molecule has 352 valence electrons. The van der Waals surface area contributed by atoms with Crippen LogP contribution >= 0.6 is 0 Å². The molecule has 16 nitrogen and oxygen atoms in total. The number of rotatable bonds is 9. The highest BCUT2D eigenvalue weighted by molar-refractivity contribution is 6.23. The number of nitrogens with one attached hydrogen (secondary N) is 1. The van der Waals surface area contributed by atoms with Gasteiger partial charge in [0.25, 0.3) is 11.7 Å². The van der Waals surface area contributed by atoms with Crippen LogP contribution < -0.4 is 10.1 Å². The highest BCUT2D eigenvalue weighted by atomic mass is 16.7. The minimum atomic E-state index is -2.05. The number of piperazine rings is 1. The first-order valence-corrected chi connectivity index (χ1v) is 22.4. The molecule has 1 fully saturated rings. The quantitative estimate of drug-likeness (QED) is 0.0536. The number of fused-ring (bicyclic) bond motifs is 14. The van der Waals surface area contributed by atoms with E-state index in [2.05, 4.69) is 22.2 Å². The van der Waals surface area contributed by atoms with Crippen molar-refractivity contribution in [2.24, 2.45) is 28.8 Å². The van der Waals surface area contributed by atoms with Crippen molar-refractivity contribution in [1.29, 1.82) is 0 Å². The molecule has 5 bridgehead atoms. The number of nitrogens with zero attached hydrogens (tertiary/aromatic N) is 3. The summed E-state index contributed by atoms with van der Waals surface area (Å²) in [7, 11) is 1.44. The molecule has 0 saturated carbocycles. The highest BCUT2D eigenvalue weighted by Gasteiger charge is 2.50. The van der Waals surface area contributed by atoms with E-state index < -0.39 is 88.8 Å². The average Bonchev–Trinajstić information content (AvgIpc) is 3.53. The molecule has 0 aliphatic carbocycles. The summed E-state index contributed by atoms with van der Waals surface area (Å²) in [5.41, 5.74) is -0.311. The van der Waals surface area contributed by atoms with Crippen LogP contribution in [0.3, 0.4) is 0 Å². The molecule has 6 N–H and O–H groups in total. The van der Waals surface area contributed by atoms with Gasteiger partial charge in [-0.2, -0.15) is 5.10 Å². The van der Waals surface area contributed by atoms with Crippen molar-refractivity contribution < 1.29 is 58.9 Å². The number of esters is 1. The molecule has 0 aromatic heterocycles. The lowest BCUT2D eigenvalue weighted by molar-refractivity contribution is -0.160. The van der Waals surface area contributed by atoms with E-state index in [1.165, 1.54) is 72.3 Å². The lowest BCUT2D eigenvalue weighted by Gasteiger charge is -2.38. The summed E-state index contributed by atoms with van der Waals surface area (Å²) in [6, 6.07) is 0. The predicted molar refractivity (Wildman–Crippen MR) is 244 cm³/mol. The summed E-state index contributed by atoms with van der Waals surface area (Å²) < 4.78 is 23.7. The molecule has 9 atom stereocenters. The molecule has 2 aromatic rings. The second kappa shape index (κ2) is 21.2. The third-order valence-electron chi connectivity index (χ3n) is 13.1. The molecule has 1 saturated heterocycles. The number of aliphatic hydroxyl groups excluding tert-OH is 2. The van der Waals surface area contributed by atoms with Crippen molar-refractivity contribution in [3.63, 3.8) is 0 Å². The fourth-order valence-corrected chi connectivity index (χ4v) is 8.85. The maximum Gasteiger partial charge on any atom is 0.312 e. The van der Waals surface area contributed by atoms with Crippen molar-refractivity contribution in [3.8, 4) is 23.0 Å². The van der Waals surface area contributed by atoms with E-state index in [0.29, 0.717) is 13.1 Å². The van der Waals surface area contributed by atoms with Crippen molar-refractivity contribution in [1.82, 2.24) is 9.91 Å². The molecule has 2 aromatic carbocycles. The SMILES string of the molecule is CCCCCCN1CCN(/N=C\c2c3c(O)c4c(O)c(C)c5c(c4c2O)C(=O)C(C)(O/C=C/C(OC)C(C)C(OC(C)=O)C(C)C(O)C(C)C(O)C(C)/C=C/C=C(\C)C(=O)N3)O5)CC1. The zero-order chi connectivity index (χ0) is 47.2. The first-order valence-electron chi connectivity index (χ1n) is 22.4. The van der Waals surface area contributed by atoms with Crippen LogP contribution in [0.15, 0.2) is 41.2 Å². The van der Waals surface area contributed by atoms with E-state index in [0.717, 1.165) is 32.5 Å². The maximum absolute atomic E-state index is 14.5. The minimum absolute atomic E-state index is 0.0607. The first-order chi connectivity index (χ1) is 30.3. The molecule has 6 rings (SSSR count). The van der Waals surface area contributed by atoms with Crippen LogP contribution in [0, 0.1) is 30.6 Å². The van der Waals surface area contributed by atoms with Gasteiger partial charge in [0.05, 0.1) is 53.0 Å². The van der Waals surface area contributed by atoms with Gasteiger partial charge in [-0.15, -0.1) is 0 Å². The summed E-state index contributed by atoms with van der Waals surface area (Å²) in [5, 5.41) is 67.5. The number of methoxy groups -OCH3 is 1. The van der Waals surface area contributed by atoms with Crippen LogP contribution in [0.25, 0.3) is 10.8 Å². The molecular weight excluding hydrogens is 825 g/mol. The molecule has 0 spiro atoms. The van der Waals surface area contributed by atoms with Gasteiger partial charge >= 0.3 is 11.8 Å². The zero-order valence-electron chi connectivity index (χ0n) is 38.9. The Morgan fingerprint density at radius 1 is 0.938 bits per heavy atom. The predicted octanol–water partition coefficient (Wildman–Crippen LogP) is 6.29. The number of benzene rings is 2. The Hall–Kier alpha value is -5.16. The number of carbonyl (C=O) groups is 3. The van der Waals surface area contributed by atoms with E-state index in [4.69, 9.17) is 18.9 Å². The molecule has 4 heterocycles. The highest BCUT2D eigenvalue weighted by Crippen LogP contribution is 2.55. The molecule has 9 unspecified atom stereocenters. The fraction of sp³-hybridized carbons (Fsp3) is 0.583. The second-order valence-corrected chi connectivity index (χ2v) is 17.7. The lowest BCUT2D eigenvalue weighted by Crippen LogP contribution is -2.46. The number of anilines is 1. The largest absolute Gasteiger partial charge is 0.507 e. The van der Waals surface area contributed by atoms with Gasteiger partial charge in [-0.05, 0) is 32.9 Å². The third kappa shape index (κ3) is 10.5. The molecular formula is C48H68N4O12. The van der Waals surface area contributed by atoms with Crippen LogP contribution in [-0.4, -0.2) is 129 Å². The minimum Gasteiger partial charge on any atom is -0.507 e. The van der Waals surface area contributed by atoms with E-state index in [9.17, 15) is 39.9 Å². The summed E-state index contributed by atoms with van der Waals surface area (Å²) >= 11 is 0. The number of aliphatic hydroxyl groups is 2. The third-order valence-corrected chi connectivity index (χ3v) is 13.1. The zero-order valence-corrected chi connectivity index (χ0v) is 38.9. The molecule has 16 heteroatoms. The Morgan fingerprint density at radius 3 is 2.27 bits per heavy atom. The number of ether oxygens (including phenoxy) is 4. The van der Waals surface area contributed by atoms with Crippen LogP contribution in [0.4, 0.5) is 5.69 Å². The summed E-state index contributed by atoms with van der Waals surface area (Å²) in [4.78, 5) is 43.2. The molecule has 64 heavy (non-hydrogen) atoms. The number of hydrogen-bond acceptors (Lipinski definition) is 15. The first kappa shape index (κ1) is 49.8. The Kier molecular flexibility index (Phi) is 16.5. The number of carbonyl (C=O) groups excluding carboxylic acids is 3. The standard InChI is InChI=1S/C48H68N4O12/c1-11-12-13-14-19-51-20-22-52(23-21-51)49-25-33-38-43(58)36-35(42(33)57)37-45(31(7)41(36)56)64-48(9,46(37)59)62-24-18-34(61-10)28(4)44(63-32(8)53)30(6)40(55)29(5)39(54)26(2)16-15-17-27(3)47(60)50-38/h15-18,24-26,28-30,34,39-40,44,54-58H,11-14,19-23H2,1-10H3,(H,50,60)/b16-15+,24-18+,27-17+,49-25-. The Morgan fingerprint density at radius 2 is 1.62 bits per heavy atom.